The van der Waals surface area contributed by atoms with Crippen LogP contribution in [-0.2, 0) is 10.0 Å². The van der Waals surface area contributed by atoms with Crippen molar-refractivity contribution in [2.45, 2.75) is 6.92 Å². The first kappa shape index (κ1) is 12.3. The molecule has 0 unspecified atom stereocenters. The van der Waals surface area contributed by atoms with Gasteiger partial charge in [0.25, 0.3) is 0 Å². The number of sulfonamides is 1. The summed E-state index contributed by atoms with van der Waals surface area (Å²) < 4.78 is 27.9. The minimum atomic E-state index is -3.13. The van der Waals surface area contributed by atoms with Crippen molar-refractivity contribution >= 4 is 26.7 Å². The summed E-state index contributed by atoms with van der Waals surface area (Å²) in [5.41, 5.74) is 0. The average Bonchev–Trinajstić information content (AvgIpc) is 2.51. The monoisotopic (exact) mass is 250 g/mol. The number of hydrogen-bond acceptors (Lipinski definition) is 6. The molecule has 1 aromatic heterocycles. The Kier molecular flexibility index (Phi) is 4.00. The molecule has 0 spiro atoms. The van der Waals surface area contributed by atoms with Gasteiger partial charge in [-0.05, 0) is 6.92 Å². The molecular formula is C7H14N4O2S2. The Hall–Kier alpha value is -0.730. The lowest BCUT2D eigenvalue weighted by Crippen LogP contribution is -2.28. The van der Waals surface area contributed by atoms with Crippen LogP contribution in [0, 0.1) is 6.92 Å². The maximum atomic E-state index is 11.4. The highest BCUT2D eigenvalue weighted by molar-refractivity contribution is 7.89. The summed E-state index contributed by atoms with van der Waals surface area (Å²) in [5, 5.41) is 3.57. The van der Waals surface area contributed by atoms with Crippen LogP contribution in [0.1, 0.15) is 5.82 Å². The first-order valence-electron chi connectivity index (χ1n) is 4.36. The van der Waals surface area contributed by atoms with E-state index in [4.69, 9.17) is 0 Å². The number of anilines is 1. The van der Waals surface area contributed by atoms with E-state index < -0.39 is 10.0 Å². The highest BCUT2D eigenvalue weighted by Gasteiger charge is 2.12. The standard InChI is InChI=1S/C7H14N4O2S2/c1-6-9-7(14-10-6)8-4-5-15(12,13)11(2)3/h4-5H2,1-3H3,(H,8,9,10). The van der Waals surface area contributed by atoms with Gasteiger partial charge in [0, 0.05) is 32.2 Å². The molecule has 0 atom stereocenters. The number of rotatable bonds is 5. The van der Waals surface area contributed by atoms with E-state index in [1.54, 1.807) is 6.92 Å². The Labute approximate surface area is 93.5 Å². The second kappa shape index (κ2) is 4.86. The van der Waals surface area contributed by atoms with Gasteiger partial charge in [0.05, 0.1) is 5.75 Å². The fourth-order valence-electron chi connectivity index (χ4n) is 0.838. The Balaban J connectivity index is 2.40. The van der Waals surface area contributed by atoms with E-state index in [2.05, 4.69) is 14.7 Å². The van der Waals surface area contributed by atoms with Crippen molar-refractivity contribution < 1.29 is 8.42 Å². The van der Waals surface area contributed by atoms with E-state index in [1.807, 2.05) is 0 Å². The number of hydrogen-bond donors (Lipinski definition) is 1. The van der Waals surface area contributed by atoms with Crippen molar-refractivity contribution in [2.24, 2.45) is 0 Å². The third-order valence-electron chi connectivity index (χ3n) is 1.72. The number of nitrogens with zero attached hydrogens (tertiary/aromatic N) is 3. The second-order valence-corrected chi connectivity index (χ2v) is 6.23. The zero-order valence-electron chi connectivity index (χ0n) is 8.89. The molecule has 86 valence electrons. The normalized spacial score (nSPS) is 12.0. The van der Waals surface area contributed by atoms with Crippen LogP contribution in [0.3, 0.4) is 0 Å². The van der Waals surface area contributed by atoms with Gasteiger partial charge in [0.2, 0.25) is 15.2 Å². The summed E-state index contributed by atoms with van der Waals surface area (Å²) in [6, 6.07) is 0. The minimum Gasteiger partial charge on any atom is -0.359 e. The molecule has 1 rings (SSSR count). The highest BCUT2D eigenvalue weighted by Crippen LogP contribution is 2.09. The predicted octanol–water partition coefficient (Wildman–Crippen LogP) is 0.150. The Morgan fingerprint density at radius 2 is 2.13 bits per heavy atom. The Bertz CT molecular complexity index is 412. The molecule has 1 aromatic rings. The summed E-state index contributed by atoms with van der Waals surface area (Å²) in [6.45, 7) is 2.13. The quantitative estimate of drug-likeness (QED) is 0.805. The predicted molar refractivity (Wildman–Crippen MR) is 60.6 cm³/mol. The first-order valence-corrected chi connectivity index (χ1v) is 6.74. The van der Waals surface area contributed by atoms with Gasteiger partial charge in [-0.3, -0.25) is 0 Å². The van der Waals surface area contributed by atoms with E-state index in [0.29, 0.717) is 17.5 Å². The molecule has 0 aliphatic carbocycles. The number of aryl methyl sites for hydroxylation is 1. The molecule has 0 saturated heterocycles. The number of nitrogens with one attached hydrogen (secondary N) is 1. The van der Waals surface area contributed by atoms with E-state index >= 15 is 0 Å². The molecule has 15 heavy (non-hydrogen) atoms. The Morgan fingerprint density at radius 1 is 1.47 bits per heavy atom. The summed E-state index contributed by atoms with van der Waals surface area (Å²) in [6.07, 6.45) is 0. The van der Waals surface area contributed by atoms with Gasteiger partial charge in [0.15, 0.2) is 0 Å². The van der Waals surface area contributed by atoms with Crippen molar-refractivity contribution in [1.29, 1.82) is 0 Å². The fraction of sp³-hybridized carbons (Fsp3) is 0.714. The van der Waals surface area contributed by atoms with Gasteiger partial charge in [-0.2, -0.15) is 4.37 Å². The smallest absolute Gasteiger partial charge is 0.215 e. The van der Waals surface area contributed by atoms with Crippen LogP contribution in [0.15, 0.2) is 0 Å². The van der Waals surface area contributed by atoms with Gasteiger partial charge in [0.1, 0.15) is 5.82 Å². The molecule has 0 aliphatic rings. The van der Waals surface area contributed by atoms with Gasteiger partial charge in [-0.15, -0.1) is 0 Å². The van der Waals surface area contributed by atoms with Crippen molar-refractivity contribution in [3.63, 3.8) is 0 Å². The lowest BCUT2D eigenvalue weighted by molar-refractivity contribution is 0.521. The summed E-state index contributed by atoms with van der Waals surface area (Å²) in [7, 11) is -0.0977. The lowest BCUT2D eigenvalue weighted by Gasteiger charge is -2.10. The van der Waals surface area contributed by atoms with E-state index in [-0.39, 0.29) is 5.75 Å². The molecule has 1 heterocycles. The molecule has 0 aliphatic heterocycles. The topological polar surface area (TPSA) is 75.2 Å². The average molecular weight is 250 g/mol. The van der Waals surface area contributed by atoms with Gasteiger partial charge < -0.3 is 5.32 Å². The van der Waals surface area contributed by atoms with Crippen molar-refractivity contribution in [2.75, 3.05) is 31.7 Å². The van der Waals surface area contributed by atoms with Crippen LogP contribution in [0.4, 0.5) is 5.13 Å². The highest BCUT2D eigenvalue weighted by atomic mass is 32.2. The molecule has 0 fully saturated rings. The minimum absolute atomic E-state index is 0.0542. The Morgan fingerprint density at radius 3 is 2.60 bits per heavy atom. The third-order valence-corrected chi connectivity index (χ3v) is 4.32. The zero-order valence-corrected chi connectivity index (χ0v) is 10.5. The van der Waals surface area contributed by atoms with E-state index in [1.165, 1.54) is 29.9 Å². The fourth-order valence-corrected chi connectivity index (χ4v) is 2.16. The van der Waals surface area contributed by atoms with Crippen molar-refractivity contribution in [3.8, 4) is 0 Å². The zero-order chi connectivity index (χ0) is 11.5. The van der Waals surface area contributed by atoms with Crippen LogP contribution in [-0.4, -0.2) is 48.5 Å². The van der Waals surface area contributed by atoms with Crippen LogP contribution in [0.2, 0.25) is 0 Å². The molecule has 0 saturated carbocycles. The molecule has 6 nitrogen and oxygen atoms in total. The van der Waals surface area contributed by atoms with Crippen LogP contribution in [0.25, 0.3) is 0 Å². The first-order chi connectivity index (χ1) is 6.92. The van der Waals surface area contributed by atoms with Gasteiger partial charge >= 0.3 is 0 Å². The molecule has 0 amide bonds. The summed E-state index contributed by atoms with van der Waals surface area (Å²) >= 11 is 1.23. The molecule has 0 aromatic carbocycles. The largest absolute Gasteiger partial charge is 0.359 e. The van der Waals surface area contributed by atoms with E-state index in [9.17, 15) is 8.42 Å². The summed E-state index contributed by atoms with van der Waals surface area (Å²) in [4.78, 5) is 4.06. The summed E-state index contributed by atoms with van der Waals surface area (Å²) in [5.74, 6) is 0.747. The molecule has 8 heteroatoms. The van der Waals surface area contributed by atoms with Crippen LogP contribution in [0.5, 0.6) is 0 Å². The molecule has 0 bridgehead atoms. The molecular weight excluding hydrogens is 236 g/mol. The van der Waals surface area contributed by atoms with Crippen molar-refractivity contribution in [1.82, 2.24) is 13.7 Å². The van der Waals surface area contributed by atoms with Crippen molar-refractivity contribution in [3.05, 3.63) is 5.82 Å². The van der Waals surface area contributed by atoms with Crippen LogP contribution < -0.4 is 5.32 Å². The van der Waals surface area contributed by atoms with Crippen LogP contribution >= 0.6 is 11.5 Å². The van der Waals surface area contributed by atoms with Gasteiger partial charge in [-0.1, -0.05) is 0 Å². The maximum Gasteiger partial charge on any atom is 0.215 e. The number of aromatic nitrogens is 2. The van der Waals surface area contributed by atoms with Gasteiger partial charge in [-0.25, -0.2) is 17.7 Å². The molecule has 1 N–H and O–H groups in total. The lowest BCUT2D eigenvalue weighted by atomic mass is 10.7. The van der Waals surface area contributed by atoms with E-state index in [0.717, 1.165) is 0 Å². The SMILES string of the molecule is Cc1nsc(NCCS(=O)(=O)N(C)C)n1. The third kappa shape index (κ3) is 3.73. The second-order valence-electron chi connectivity index (χ2n) is 3.17. The molecule has 0 radical (unpaired) electrons. The maximum absolute atomic E-state index is 11.4.